The van der Waals surface area contributed by atoms with Crippen molar-refractivity contribution < 1.29 is 4.79 Å². The van der Waals surface area contributed by atoms with E-state index >= 15 is 0 Å². The van der Waals surface area contributed by atoms with Crippen molar-refractivity contribution in [2.24, 2.45) is 0 Å². The third-order valence-electron chi connectivity index (χ3n) is 3.09. The van der Waals surface area contributed by atoms with Crippen LogP contribution in [0, 0.1) is 6.92 Å². The zero-order valence-corrected chi connectivity index (χ0v) is 10.1. The smallest absolute Gasteiger partial charge is 0.188 e. The van der Waals surface area contributed by atoms with Crippen molar-refractivity contribution in [3.05, 3.63) is 71.3 Å². The van der Waals surface area contributed by atoms with Crippen molar-refractivity contribution in [3.63, 3.8) is 0 Å². The SMILES string of the molecule is Cc1ccc(NC2=CC(=O)c3ccccc32)cc1. The van der Waals surface area contributed by atoms with Crippen LogP contribution in [0.2, 0.25) is 0 Å². The van der Waals surface area contributed by atoms with Crippen LogP contribution in [-0.4, -0.2) is 5.78 Å². The van der Waals surface area contributed by atoms with Gasteiger partial charge in [0.15, 0.2) is 5.78 Å². The van der Waals surface area contributed by atoms with E-state index in [4.69, 9.17) is 0 Å². The summed E-state index contributed by atoms with van der Waals surface area (Å²) in [6.07, 6.45) is 1.66. The molecule has 0 amide bonds. The first-order valence-corrected chi connectivity index (χ1v) is 5.93. The monoisotopic (exact) mass is 235 g/mol. The molecule has 18 heavy (non-hydrogen) atoms. The zero-order valence-electron chi connectivity index (χ0n) is 10.1. The van der Waals surface area contributed by atoms with Gasteiger partial charge in [0, 0.05) is 22.9 Å². The van der Waals surface area contributed by atoms with E-state index in [1.165, 1.54) is 5.56 Å². The van der Waals surface area contributed by atoms with Gasteiger partial charge in [-0.25, -0.2) is 0 Å². The van der Waals surface area contributed by atoms with Gasteiger partial charge in [0.1, 0.15) is 0 Å². The molecule has 1 N–H and O–H groups in total. The van der Waals surface area contributed by atoms with Crippen LogP contribution < -0.4 is 5.32 Å². The Morgan fingerprint density at radius 1 is 0.889 bits per heavy atom. The van der Waals surface area contributed by atoms with Crippen LogP contribution in [0.5, 0.6) is 0 Å². The van der Waals surface area contributed by atoms with Gasteiger partial charge in [-0.1, -0.05) is 42.0 Å². The van der Waals surface area contributed by atoms with Gasteiger partial charge in [-0.15, -0.1) is 0 Å². The van der Waals surface area contributed by atoms with Gasteiger partial charge in [-0.05, 0) is 19.1 Å². The molecule has 1 aliphatic carbocycles. The van der Waals surface area contributed by atoms with Crippen molar-refractivity contribution in [2.75, 3.05) is 5.32 Å². The summed E-state index contributed by atoms with van der Waals surface area (Å²) in [5.41, 5.74) is 4.84. The Morgan fingerprint density at radius 2 is 1.56 bits per heavy atom. The molecule has 0 saturated heterocycles. The minimum atomic E-state index is 0.0696. The average molecular weight is 235 g/mol. The van der Waals surface area contributed by atoms with Crippen LogP contribution >= 0.6 is 0 Å². The van der Waals surface area contributed by atoms with Crippen LogP contribution in [0.15, 0.2) is 54.6 Å². The highest BCUT2D eigenvalue weighted by Gasteiger charge is 2.20. The Hall–Kier alpha value is -2.35. The molecule has 0 atom stereocenters. The largest absolute Gasteiger partial charge is 0.355 e. The topological polar surface area (TPSA) is 29.1 Å². The molecule has 0 aromatic heterocycles. The molecule has 1 aliphatic rings. The lowest BCUT2D eigenvalue weighted by Gasteiger charge is -2.08. The maximum Gasteiger partial charge on any atom is 0.188 e. The van der Waals surface area contributed by atoms with E-state index in [1.807, 2.05) is 48.5 Å². The van der Waals surface area contributed by atoms with Gasteiger partial charge >= 0.3 is 0 Å². The number of hydrogen-bond donors (Lipinski definition) is 1. The van der Waals surface area contributed by atoms with Gasteiger partial charge in [0.2, 0.25) is 0 Å². The minimum absolute atomic E-state index is 0.0696. The van der Waals surface area contributed by atoms with Crippen molar-refractivity contribution in [2.45, 2.75) is 6.92 Å². The molecule has 0 unspecified atom stereocenters. The maximum absolute atomic E-state index is 11.8. The molecule has 3 rings (SSSR count). The number of hydrogen-bond acceptors (Lipinski definition) is 2. The Morgan fingerprint density at radius 3 is 2.28 bits per heavy atom. The number of nitrogens with one attached hydrogen (secondary N) is 1. The average Bonchev–Trinajstić information content (AvgIpc) is 2.70. The van der Waals surface area contributed by atoms with E-state index in [0.29, 0.717) is 0 Å². The third-order valence-corrected chi connectivity index (χ3v) is 3.09. The number of ketones is 1. The summed E-state index contributed by atoms with van der Waals surface area (Å²) in [5, 5.41) is 3.29. The molecular weight excluding hydrogens is 222 g/mol. The number of anilines is 1. The van der Waals surface area contributed by atoms with Gasteiger partial charge in [0.25, 0.3) is 0 Å². The molecular formula is C16H13NO. The zero-order chi connectivity index (χ0) is 12.5. The normalized spacial score (nSPS) is 13.2. The summed E-state index contributed by atoms with van der Waals surface area (Å²) in [6, 6.07) is 15.8. The lowest BCUT2D eigenvalue weighted by molar-refractivity contribution is 0.105. The predicted molar refractivity (Wildman–Crippen MR) is 73.6 cm³/mol. The first-order valence-electron chi connectivity index (χ1n) is 5.93. The number of fused-ring (bicyclic) bond motifs is 1. The predicted octanol–water partition coefficient (Wildman–Crippen LogP) is 3.64. The van der Waals surface area contributed by atoms with Crippen LogP contribution in [0.3, 0.4) is 0 Å². The van der Waals surface area contributed by atoms with E-state index in [1.54, 1.807) is 6.08 Å². The van der Waals surface area contributed by atoms with E-state index in [9.17, 15) is 4.79 Å². The summed E-state index contributed by atoms with van der Waals surface area (Å²) >= 11 is 0. The Balaban J connectivity index is 1.93. The van der Waals surface area contributed by atoms with Gasteiger partial charge in [0.05, 0.1) is 5.70 Å². The second-order valence-electron chi connectivity index (χ2n) is 4.46. The van der Waals surface area contributed by atoms with Gasteiger partial charge in [-0.3, -0.25) is 4.79 Å². The highest BCUT2D eigenvalue weighted by atomic mass is 16.1. The highest BCUT2D eigenvalue weighted by molar-refractivity contribution is 6.17. The molecule has 0 bridgehead atoms. The first kappa shape index (κ1) is 10.8. The molecule has 0 saturated carbocycles. The molecule has 0 fully saturated rings. The van der Waals surface area contributed by atoms with E-state index < -0.39 is 0 Å². The molecule has 0 heterocycles. The van der Waals surface area contributed by atoms with E-state index in [0.717, 1.165) is 22.5 Å². The molecule has 2 aromatic carbocycles. The third kappa shape index (κ3) is 1.82. The first-order chi connectivity index (χ1) is 8.74. The summed E-state index contributed by atoms with van der Waals surface area (Å²) in [5.74, 6) is 0.0696. The maximum atomic E-state index is 11.8. The standard InChI is InChI=1S/C16H13NO/c1-11-6-8-12(9-7-11)17-15-10-16(18)14-5-3-2-4-13(14)15/h2-10,17H,1H3. The summed E-state index contributed by atoms with van der Waals surface area (Å²) in [4.78, 5) is 11.8. The number of allylic oxidation sites excluding steroid dienone is 1. The summed E-state index contributed by atoms with van der Waals surface area (Å²) in [7, 11) is 0. The molecule has 0 aliphatic heterocycles. The Labute approximate surface area is 106 Å². The molecule has 0 spiro atoms. The van der Waals surface area contributed by atoms with Crippen LogP contribution in [0.1, 0.15) is 21.5 Å². The molecule has 2 nitrogen and oxygen atoms in total. The van der Waals surface area contributed by atoms with Gasteiger partial charge in [-0.2, -0.15) is 0 Å². The summed E-state index contributed by atoms with van der Waals surface area (Å²) < 4.78 is 0. The number of benzene rings is 2. The van der Waals surface area contributed by atoms with Crippen LogP contribution in [0.4, 0.5) is 5.69 Å². The quantitative estimate of drug-likeness (QED) is 0.861. The van der Waals surface area contributed by atoms with E-state index in [2.05, 4.69) is 12.2 Å². The fourth-order valence-corrected chi connectivity index (χ4v) is 2.12. The van der Waals surface area contributed by atoms with Crippen LogP contribution in [0.25, 0.3) is 5.70 Å². The lowest BCUT2D eigenvalue weighted by Crippen LogP contribution is -1.96. The van der Waals surface area contributed by atoms with Crippen molar-refractivity contribution >= 4 is 17.2 Å². The number of carbonyl (C=O) groups is 1. The van der Waals surface area contributed by atoms with Crippen molar-refractivity contribution in [3.8, 4) is 0 Å². The number of rotatable bonds is 2. The fraction of sp³-hybridized carbons (Fsp3) is 0.0625. The van der Waals surface area contributed by atoms with Crippen molar-refractivity contribution in [1.29, 1.82) is 0 Å². The Bertz CT molecular complexity index is 638. The van der Waals surface area contributed by atoms with Gasteiger partial charge < -0.3 is 5.32 Å². The number of aryl methyl sites for hydroxylation is 1. The second-order valence-corrected chi connectivity index (χ2v) is 4.46. The summed E-state index contributed by atoms with van der Waals surface area (Å²) in [6.45, 7) is 2.05. The Kier molecular flexibility index (Phi) is 2.49. The second kappa shape index (κ2) is 4.15. The molecule has 2 aromatic rings. The molecule has 0 radical (unpaired) electrons. The minimum Gasteiger partial charge on any atom is -0.355 e. The lowest BCUT2D eigenvalue weighted by atomic mass is 10.1. The van der Waals surface area contributed by atoms with Crippen LogP contribution in [-0.2, 0) is 0 Å². The fourth-order valence-electron chi connectivity index (χ4n) is 2.12. The highest BCUT2D eigenvalue weighted by Crippen LogP contribution is 2.28. The molecule has 88 valence electrons. The van der Waals surface area contributed by atoms with Crippen molar-refractivity contribution in [1.82, 2.24) is 0 Å². The molecule has 2 heteroatoms. The number of carbonyl (C=O) groups excluding carboxylic acids is 1. The van der Waals surface area contributed by atoms with E-state index in [-0.39, 0.29) is 5.78 Å².